The minimum absolute atomic E-state index is 0.0379. The number of nitrogens with one attached hydrogen (secondary N) is 3. The van der Waals surface area contributed by atoms with Gasteiger partial charge in [0.05, 0.1) is 0 Å². The molecule has 2 amide bonds. The molecular weight excluding hydrogens is 276 g/mol. The SMILES string of the molecule is CC1(C(=O)NCCN)NC(N)=C(C(=O)NCCN)N=C1N. The van der Waals surface area contributed by atoms with Crippen LogP contribution in [0, 0.1) is 0 Å². The number of amides is 2. The average molecular weight is 298 g/mol. The van der Waals surface area contributed by atoms with Crippen LogP contribution in [0.15, 0.2) is 16.5 Å². The van der Waals surface area contributed by atoms with Gasteiger partial charge in [0, 0.05) is 26.2 Å². The van der Waals surface area contributed by atoms with Crippen LogP contribution >= 0.6 is 0 Å². The Labute approximate surface area is 122 Å². The van der Waals surface area contributed by atoms with Crippen molar-refractivity contribution in [3.8, 4) is 0 Å². The van der Waals surface area contributed by atoms with Crippen LogP contribution in [-0.4, -0.2) is 49.4 Å². The Morgan fingerprint density at radius 3 is 2.33 bits per heavy atom. The highest BCUT2D eigenvalue weighted by Crippen LogP contribution is 2.16. The Balaban J connectivity index is 2.92. The van der Waals surface area contributed by atoms with E-state index in [0.717, 1.165) is 0 Å². The normalized spacial score (nSPS) is 21.4. The molecule has 10 nitrogen and oxygen atoms in total. The molecule has 1 rings (SSSR count). The molecule has 1 aliphatic rings. The second kappa shape index (κ2) is 6.90. The zero-order valence-corrected chi connectivity index (χ0v) is 11.9. The van der Waals surface area contributed by atoms with Crippen molar-refractivity contribution in [2.45, 2.75) is 12.5 Å². The molecule has 1 heterocycles. The minimum atomic E-state index is -1.34. The summed E-state index contributed by atoms with van der Waals surface area (Å²) >= 11 is 0. The summed E-state index contributed by atoms with van der Waals surface area (Å²) in [6, 6.07) is 0. The molecule has 118 valence electrons. The number of carbonyl (C=O) groups is 2. The zero-order valence-electron chi connectivity index (χ0n) is 11.9. The van der Waals surface area contributed by atoms with Crippen molar-refractivity contribution in [1.82, 2.24) is 16.0 Å². The summed E-state index contributed by atoms with van der Waals surface area (Å²) in [5.74, 6) is -1.05. The van der Waals surface area contributed by atoms with E-state index >= 15 is 0 Å². The minimum Gasteiger partial charge on any atom is -0.385 e. The summed E-state index contributed by atoms with van der Waals surface area (Å²) in [6.07, 6.45) is 0. The van der Waals surface area contributed by atoms with Crippen LogP contribution < -0.4 is 38.9 Å². The topological polar surface area (TPSA) is 187 Å². The van der Waals surface area contributed by atoms with Gasteiger partial charge in [-0.1, -0.05) is 0 Å². The summed E-state index contributed by atoms with van der Waals surface area (Å²) in [6.45, 7) is 2.65. The molecule has 0 radical (unpaired) electrons. The molecule has 11 N–H and O–H groups in total. The van der Waals surface area contributed by atoms with Crippen LogP contribution in [0.3, 0.4) is 0 Å². The average Bonchev–Trinajstić information content (AvgIpc) is 2.45. The van der Waals surface area contributed by atoms with Gasteiger partial charge in [-0.3, -0.25) is 9.59 Å². The van der Waals surface area contributed by atoms with Gasteiger partial charge >= 0.3 is 0 Å². The summed E-state index contributed by atoms with van der Waals surface area (Å²) in [5, 5.41) is 7.83. The molecule has 10 heteroatoms. The van der Waals surface area contributed by atoms with Gasteiger partial charge in [0.2, 0.25) is 0 Å². The first-order valence-electron chi connectivity index (χ1n) is 6.46. The number of carbonyl (C=O) groups excluding carboxylic acids is 2. The molecule has 1 unspecified atom stereocenters. The summed E-state index contributed by atoms with van der Waals surface area (Å²) in [4.78, 5) is 27.9. The third kappa shape index (κ3) is 3.61. The Hall–Kier alpha value is -2.33. The molecule has 0 spiro atoms. The zero-order chi connectivity index (χ0) is 16.0. The molecule has 0 bridgehead atoms. The summed E-state index contributed by atoms with van der Waals surface area (Å²) in [7, 11) is 0. The predicted molar refractivity (Wildman–Crippen MR) is 78.5 cm³/mol. The highest BCUT2D eigenvalue weighted by atomic mass is 16.2. The van der Waals surface area contributed by atoms with Gasteiger partial charge in [0.25, 0.3) is 11.8 Å². The van der Waals surface area contributed by atoms with E-state index in [4.69, 9.17) is 22.9 Å². The van der Waals surface area contributed by atoms with Gasteiger partial charge in [-0.15, -0.1) is 0 Å². The Bertz CT molecular complexity index is 487. The molecular formula is C11H22N8O2. The van der Waals surface area contributed by atoms with Crippen molar-refractivity contribution in [3.05, 3.63) is 11.5 Å². The monoisotopic (exact) mass is 298 g/mol. The fraction of sp³-hybridized carbons (Fsp3) is 0.545. The highest BCUT2D eigenvalue weighted by Gasteiger charge is 2.41. The fourth-order valence-corrected chi connectivity index (χ4v) is 1.66. The molecule has 1 aliphatic heterocycles. The van der Waals surface area contributed by atoms with Crippen molar-refractivity contribution in [2.75, 3.05) is 26.2 Å². The Kier molecular flexibility index (Phi) is 5.50. The van der Waals surface area contributed by atoms with Crippen LogP contribution in [0.5, 0.6) is 0 Å². The van der Waals surface area contributed by atoms with E-state index in [1.165, 1.54) is 6.92 Å². The largest absolute Gasteiger partial charge is 0.385 e. The van der Waals surface area contributed by atoms with E-state index in [9.17, 15) is 9.59 Å². The lowest BCUT2D eigenvalue weighted by Gasteiger charge is -2.33. The molecule has 0 saturated heterocycles. The maximum absolute atomic E-state index is 12.1. The third-order valence-electron chi connectivity index (χ3n) is 2.91. The van der Waals surface area contributed by atoms with Gasteiger partial charge in [-0.2, -0.15) is 0 Å². The van der Waals surface area contributed by atoms with Gasteiger partial charge < -0.3 is 38.9 Å². The van der Waals surface area contributed by atoms with E-state index in [-0.39, 0.29) is 43.5 Å². The molecule has 0 aromatic heterocycles. The Morgan fingerprint density at radius 2 is 1.76 bits per heavy atom. The maximum atomic E-state index is 12.1. The lowest BCUT2D eigenvalue weighted by molar-refractivity contribution is -0.124. The molecule has 0 aromatic carbocycles. The lowest BCUT2D eigenvalue weighted by atomic mass is 9.97. The van der Waals surface area contributed by atoms with Gasteiger partial charge in [-0.05, 0) is 6.92 Å². The molecule has 0 fully saturated rings. The second-order valence-corrected chi connectivity index (χ2v) is 4.60. The number of hydrogen-bond acceptors (Lipinski definition) is 8. The van der Waals surface area contributed by atoms with E-state index < -0.39 is 17.4 Å². The molecule has 21 heavy (non-hydrogen) atoms. The van der Waals surface area contributed by atoms with Crippen LogP contribution in [0.2, 0.25) is 0 Å². The first kappa shape index (κ1) is 16.7. The van der Waals surface area contributed by atoms with Crippen LogP contribution in [0.4, 0.5) is 0 Å². The quantitative estimate of drug-likeness (QED) is 0.260. The number of hydrogen-bond donors (Lipinski definition) is 7. The second-order valence-electron chi connectivity index (χ2n) is 4.60. The summed E-state index contributed by atoms with van der Waals surface area (Å²) in [5.41, 5.74) is 20.8. The van der Waals surface area contributed by atoms with E-state index in [1.807, 2.05) is 0 Å². The van der Waals surface area contributed by atoms with Gasteiger partial charge in [-0.25, -0.2) is 4.99 Å². The smallest absolute Gasteiger partial charge is 0.273 e. The van der Waals surface area contributed by atoms with Crippen molar-refractivity contribution in [2.24, 2.45) is 27.9 Å². The van der Waals surface area contributed by atoms with Crippen LogP contribution in [0.25, 0.3) is 0 Å². The van der Waals surface area contributed by atoms with Crippen LogP contribution in [-0.2, 0) is 9.59 Å². The van der Waals surface area contributed by atoms with Crippen molar-refractivity contribution < 1.29 is 9.59 Å². The van der Waals surface area contributed by atoms with E-state index in [2.05, 4.69) is 20.9 Å². The van der Waals surface area contributed by atoms with E-state index in [1.54, 1.807) is 0 Å². The third-order valence-corrected chi connectivity index (χ3v) is 2.91. The van der Waals surface area contributed by atoms with Crippen molar-refractivity contribution in [1.29, 1.82) is 0 Å². The highest BCUT2D eigenvalue weighted by molar-refractivity contribution is 6.14. The number of rotatable bonds is 6. The number of nitrogens with zero attached hydrogens (tertiary/aromatic N) is 1. The lowest BCUT2D eigenvalue weighted by Crippen LogP contribution is -2.65. The first-order valence-corrected chi connectivity index (χ1v) is 6.46. The van der Waals surface area contributed by atoms with E-state index in [0.29, 0.717) is 0 Å². The molecule has 1 atom stereocenters. The predicted octanol–water partition coefficient (Wildman–Crippen LogP) is -4.02. The van der Waals surface area contributed by atoms with Crippen molar-refractivity contribution in [3.63, 3.8) is 0 Å². The maximum Gasteiger partial charge on any atom is 0.273 e. The fourth-order valence-electron chi connectivity index (χ4n) is 1.66. The van der Waals surface area contributed by atoms with Crippen molar-refractivity contribution >= 4 is 17.6 Å². The number of nitrogens with two attached hydrogens (primary N) is 4. The van der Waals surface area contributed by atoms with Gasteiger partial charge in [0.15, 0.2) is 11.2 Å². The standard InChI is InChI=1S/C11H22N8O2/c1-11(10(21)17-5-3-13)9(15)18-6(7(14)19-11)8(20)16-4-2-12/h19H,2-5,12-14H2,1H3,(H2,15,18)(H,16,20)(H,17,21). The van der Waals surface area contributed by atoms with Crippen LogP contribution in [0.1, 0.15) is 6.92 Å². The van der Waals surface area contributed by atoms with Gasteiger partial charge in [0.1, 0.15) is 11.7 Å². The molecule has 0 saturated carbocycles. The number of amidine groups is 1. The molecule has 0 aliphatic carbocycles. The first-order chi connectivity index (χ1) is 9.86. The summed E-state index contributed by atoms with van der Waals surface area (Å²) < 4.78 is 0. The number of aliphatic imine (C=N–C) groups is 1. The Morgan fingerprint density at radius 1 is 1.19 bits per heavy atom. The molecule has 0 aromatic rings.